The van der Waals surface area contributed by atoms with Crippen molar-refractivity contribution in [3.05, 3.63) is 28.8 Å². The predicted octanol–water partition coefficient (Wildman–Crippen LogP) is 0.715. The average Bonchev–Trinajstić information content (AvgIpc) is 2.54. The van der Waals surface area contributed by atoms with Crippen LogP contribution in [0.25, 0.3) is 0 Å². The van der Waals surface area contributed by atoms with Gasteiger partial charge >= 0.3 is 0 Å². The smallest absolute Gasteiger partial charge is 0.243 e. The molecule has 9 heteroatoms. The molecule has 7 nitrogen and oxygen atoms in total. The number of halogens is 1. The normalized spacial score (nSPS) is 15.3. The SMILES string of the molecule is Cc1c(Cl)cccc1N(CC(=O)N1CCN(C=O)CC1)S(C)(=O)=O. The van der Waals surface area contributed by atoms with Crippen molar-refractivity contribution in [2.45, 2.75) is 6.92 Å². The number of rotatable bonds is 5. The summed E-state index contributed by atoms with van der Waals surface area (Å²) in [7, 11) is -3.65. The number of hydrogen-bond donors (Lipinski definition) is 0. The van der Waals surface area contributed by atoms with E-state index >= 15 is 0 Å². The van der Waals surface area contributed by atoms with Gasteiger partial charge in [0, 0.05) is 31.2 Å². The van der Waals surface area contributed by atoms with Crippen LogP contribution in [0.3, 0.4) is 0 Å². The van der Waals surface area contributed by atoms with Gasteiger partial charge in [-0.1, -0.05) is 17.7 Å². The second kappa shape index (κ2) is 7.40. The summed E-state index contributed by atoms with van der Waals surface area (Å²) < 4.78 is 25.4. The minimum Gasteiger partial charge on any atom is -0.342 e. The molecule has 0 saturated carbocycles. The third-order valence-corrected chi connectivity index (χ3v) is 5.54. The third kappa shape index (κ3) is 4.18. The van der Waals surface area contributed by atoms with Crippen LogP contribution < -0.4 is 4.31 Å². The lowest BCUT2D eigenvalue weighted by Gasteiger charge is -2.34. The fourth-order valence-electron chi connectivity index (χ4n) is 2.55. The molecule has 1 heterocycles. The van der Waals surface area contributed by atoms with Gasteiger partial charge in [-0.05, 0) is 24.6 Å². The molecule has 0 atom stereocenters. The van der Waals surface area contributed by atoms with E-state index < -0.39 is 10.0 Å². The van der Waals surface area contributed by atoms with E-state index in [-0.39, 0.29) is 12.5 Å². The van der Waals surface area contributed by atoms with Gasteiger partial charge in [0.2, 0.25) is 22.3 Å². The maximum Gasteiger partial charge on any atom is 0.243 e. The molecule has 1 aromatic carbocycles. The second-order valence-corrected chi connectivity index (χ2v) is 7.99. The Bertz CT molecular complexity index is 730. The highest BCUT2D eigenvalue weighted by atomic mass is 35.5. The molecule has 0 spiro atoms. The Morgan fingerprint density at radius 1 is 1.29 bits per heavy atom. The van der Waals surface area contributed by atoms with Crippen molar-refractivity contribution in [2.24, 2.45) is 0 Å². The quantitative estimate of drug-likeness (QED) is 0.712. The molecule has 2 amide bonds. The second-order valence-electron chi connectivity index (χ2n) is 5.68. The Labute approximate surface area is 146 Å². The van der Waals surface area contributed by atoms with Gasteiger partial charge in [0.15, 0.2) is 0 Å². The van der Waals surface area contributed by atoms with Crippen molar-refractivity contribution in [1.29, 1.82) is 0 Å². The van der Waals surface area contributed by atoms with Crippen LogP contribution in [0.15, 0.2) is 18.2 Å². The first-order chi connectivity index (χ1) is 11.2. The van der Waals surface area contributed by atoms with Crippen molar-refractivity contribution in [1.82, 2.24) is 9.80 Å². The molecular weight excluding hydrogens is 354 g/mol. The first-order valence-corrected chi connectivity index (χ1v) is 9.66. The van der Waals surface area contributed by atoms with Crippen LogP contribution in [-0.2, 0) is 19.6 Å². The van der Waals surface area contributed by atoms with E-state index in [2.05, 4.69) is 0 Å². The first-order valence-electron chi connectivity index (χ1n) is 7.44. The molecule has 1 aliphatic heterocycles. The topological polar surface area (TPSA) is 78.0 Å². The van der Waals surface area contributed by atoms with Gasteiger partial charge in [-0.2, -0.15) is 0 Å². The molecule has 0 radical (unpaired) electrons. The molecule has 0 aromatic heterocycles. The Morgan fingerprint density at radius 2 is 1.92 bits per heavy atom. The summed E-state index contributed by atoms with van der Waals surface area (Å²) in [6.45, 7) is 3.10. The summed E-state index contributed by atoms with van der Waals surface area (Å²) >= 11 is 6.07. The number of hydrogen-bond acceptors (Lipinski definition) is 4. The van der Waals surface area contributed by atoms with Crippen LogP contribution >= 0.6 is 11.6 Å². The average molecular weight is 374 g/mol. The van der Waals surface area contributed by atoms with Crippen LogP contribution in [0.2, 0.25) is 5.02 Å². The maximum absolute atomic E-state index is 12.5. The van der Waals surface area contributed by atoms with Crippen molar-refractivity contribution in [3.8, 4) is 0 Å². The van der Waals surface area contributed by atoms with E-state index in [0.29, 0.717) is 42.5 Å². The summed E-state index contributed by atoms with van der Waals surface area (Å²) in [6.07, 6.45) is 1.81. The third-order valence-electron chi connectivity index (χ3n) is 4.00. The van der Waals surface area contributed by atoms with Gasteiger partial charge in [0.1, 0.15) is 6.54 Å². The monoisotopic (exact) mass is 373 g/mol. The lowest BCUT2D eigenvalue weighted by molar-refractivity contribution is -0.133. The van der Waals surface area contributed by atoms with Gasteiger partial charge in [-0.15, -0.1) is 0 Å². The highest BCUT2D eigenvalue weighted by Crippen LogP contribution is 2.28. The van der Waals surface area contributed by atoms with Crippen LogP contribution in [0.1, 0.15) is 5.56 Å². The molecule has 1 saturated heterocycles. The first kappa shape index (κ1) is 18.5. The van der Waals surface area contributed by atoms with Gasteiger partial charge in [-0.25, -0.2) is 8.42 Å². The molecule has 1 fully saturated rings. The van der Waals surface area contributed by atoms with E-state index in [0.717, 1.165) is 17.0 Å². The number of piperazine rings is 1. The number of carbonyl (C=O) groups is 2. The molecule has 2 rings (SSSR count). The highest BCUT2D eigenvalue weighted by Gasteiger charge is 2.27. The number of amides is 2. The Morgan fingerprint density at radius 3 is 2.46 bits per heavy atom. The molecule has 0 unspecified atom stereocenters. The van der Waals surface area contributed by atoms with Gasteiger partial charge in [0.25, 0.3) is 0 Å². The zero-order valence-electron chi connectivity index (χ0n) is 13.6. The molecule has 132 valence electrons. The lowest BCUT2D eigenvalue weighted by atomic mass is 10.2. The number of carbonyl (C=O) groups excluding carboxylic acids is 2. The van der Waals surface area contributed by atoms with Gasteiger partial charge < -0.3 is 9.80 Å². The molecule has 0 bridgehead atoms. The zero-order chi connectivity index (χ0) is 17.9. The molecule has 0 N–H and O–H groups in total. The minimum atomic E-state index is -3.65. The van der Waals surface area contributed by atoms with Crippen molar-refractivity contribution in [3.63, 3.8) is 0 Å². The molecular formula is C15H20ClN3O4S. The number of nitrogens with zero attached hydrogens (tertiary/aromatic N) is 3. The van der Waals surface area contributed by atoms with Crippen LogP contribution in [0, 0.1) is 6.92 Å². The fraction of sp³-hybridized carbons (Fsp3) is 0.467. The van der Waals surface area contributed by atoms with E-state index in [9.17, 15) is 18.0 Å². The van der Waals surface area contributed by atoms with E-state index in [1.165, 1.54) is 0 Å². The highest BCUT2D eigenvalue weighted by molar-refractivity contribution is 7.92. The van der Waals surface area contributed by atoms with E-state index in [1.807, 2.05) is 0 Å². The van der Waals surface area contributed by atoms with Crippen molar-refractivity contribution in [2.75, 3.05) is 43.3 Å². The molecule has 24 heavy (non-hydrogen) atoms. The zero-order valence-corrected chi connectivity index (χ0v) is 15.2. The van der Waals surface area contributed by atoms with E-state index in [4.69, 9.17) is 11.6 Å². The molecule has 1 aliphatic rings. The van der Waals surface area contributed by atoms with Crippen LogP contribution in [-0.4, -0.2) is 69.5 Å². The summed E-state index contributed by atoms with van der Waals surface area (Å²) in [6, 6.07) is 4.94. The lowest BCUT2D eigenvalue weighted by Crippen LogP contribution is -2.51. The number of sulfonamides is 1. The van der Waals surface area contributed by atoms with Crippen molar-refractivity contribution >= 4 is 39.6 Å². The van der Waals surface area contributed by atoms with E-state index in [1.54, 1.807) is 34.9 Å². The Kier molecular flexibility index (Phi) is 5.71. The summed E-state index contributed by atoms with van der Waals surface area (Å²) in [5, 5.41) is 0.438. The largest absolute Gasteiger partial charge is 0.342 e. The van der Waals surface area contributed by atoms with Gasteiger partial charge in [-0.3, -0.25) is 13.9 Å². The minimum absolute atomic E-state index is 0.291. The standard InChI is InChI=1S/C15H20ClN3O4S/c1-12-13(16)4-3-5-14(12)19(24(2,22)23)10-15(21)18-8-6-17(11-20)7-9-18/h3-5,11H,6-10H2,1-2H3. The molecule has 0 aliphatic carbocycles. The Hall–Kier alpha value is -1.80. The summed E-state index contributed by atoms with van der Waals surface area (Å²) in [4.78, 5) is 26.4. The Balaban J connectivity index is 2.20. The van der Waals surface area contributed by atoms with Crippen LogP contribution in [0.4, 0.5) is 5.69 Å². The van der Waals surface area contributed by atoms with Crippen molar-refractivity contribution < 1.29 is 18.0 Å². The predicted molar refractivity (Wildman–Crippen MR) is 92.6 cm³/mol. The summed E-state index contributed by atoms with van der Waals surface area (Å²) in [5.41, 5.74) is 0.994. The van der Waals surface area contributed by atoms with Crippen LogP contribution in [0.5, 0.6) is 0 Å². The number of benzene rings is 1. The fourth-order valence-corrected chi connectivity index (χ4v) is 3.62. The maximum atomic E-state index is 12.5. The molecule has 1 aromatic rings. The summed E-state index contributed by atoms with van der Waals surface area (Å²) in [5.74, 6) is -0.301. The number of anilines is 1. The van der Waals surface area contributed by atoms with Gasteiger partial charge in [0.05, 0.1) is 11.9 Å².